The van der Waals surface area contributed by atoms with Crippen molar-refractivity contribution in [2.45, 2.75) is 26.8 Å². The molecule has 0 spiro atoms. The van der Waals surface area contributed by atoms with Crippen LogP contribution in [0.1, 0.15) is 24.5 Å². The molecule has 9 nitrogen and oxygen atoms in total. The Morgan fingerprint density at radius 2 is 2.10 bits per heavy atom. The molecule has 1 aliphatic heterocycles. The van der Waals surface area contributed by atoms with Gasteiger partial charge in [-0.3, -0.25) is 9.69 Å². The van der Waals surface area contributed by atoms with Gasteiger partial charge < -0.3 is 25.4 Å². The van der Waals surface area contributed by atoms with Crippen molar-refractivity contribution in [3.8, 4) is 5.75 Å². The van der Waals surface area contributed by atoms with Gasteiger partial charge in [0.25, 0.3) is 0 Å². The molecule has 1 fully saturated rings. The zero-order chi connectivity index (χ0) is 21.1. The van der Waals surface area contributed by atoms with Gasteiger partial charge in [-0.15, -0.1) is 0 Å². The standard InChI is InChI=1S/C20H31N5O4/c1-4-21-19(22-8-9-25-18(26)14-24-20(25)27)23-13-16-7-6-15(2)12-17(16)29-11-5-10-28-3/h6-7,12H,4-5,8-11,13-14H2,1-3H3,(H,24,27)(H2,21,22,23). The van der Waals surface area contributed by atoms with Crippen LogP contribution in [0.15, 0.2) is 23.2 Å². The van der Waals surface area contributed by atoms with Crippen LogP contribution < -0.4 is 20.7 Å². The number of urea groups is 1. The maximum absolute atomic E-state index is 11.6. The number of carbonyl (C=O) groups excluding carboxylic acids is 2. The number of hydrogen-bond donors (Lipinski definition) is 3. The molecule has 2 rings (SSSR count). The number of carbonyl (C=O) groups is 2. The molecule has 1 saturated heterocycles. The number of hydrogen-bond acceptors (Lipinski definition) is 5. The molecule has 0 atom stereocenters. The van der Waals surface area contributed by atoms with Crippen LogP contribution in [-0.2, 0) is 16.1 Å². The molecular weight excluding hydrogens is 374 g/mol. The monoisotopic (exact) mass is 405 g/mol. The van der Waals surface area contributed by atoms with Crippen molar-refractivity contribution in [2.75, 3.05) is 46.5 Å². The van der Waals surface area contributed by atoms with E-state index in [-0.39, 0.29) is 25.0 Å². The zero-order valence-electron chi connectivity index (χ0n) is 17.4. The van der Waals surface area contributed by atoms with Crippen molar-refractivity contribution < 1.29 is 19.1 Å². The highest BCUT2D eigenvalue weighted by Crippen LogP contribution is 2.21. The summed E-state index contributed by atoms with van der Waals surface area (Å²) in [6.07, 6.45) is 0.820. The van der Waals surface area contributed by atoms with Crippen LogP contribution in [-0.4, -0.2) is 69.3 Å². The van der Waals surface area contributed by atoms with Crippen LogP contribution in [0, 0.1) is 6.92 Å². The number of imide groups is 1. The number of aliphatic imine (C=N–C) groups is 1. The fourth-order valence-electron chi connectivity index (χ4n) is 2.79. The fraction of sp³-hybridized carbons (Fsp3) is 0.550. The van der Waals surface area contributed by atoms with E-state index in [1.807, 2.05) is 32.0 Å². The smallest absolute Gasteiger partial charge is 0.324 e. The van der Waals surface area contributed by atoms with Gasteiger partial charge in [0.05, 0.1) is 19.7 Å². The number of nitrogens with zero attached hydrogens (tertiary/aromatic N) is 2. The molecule has 160 valence electrons. The number of benzene rings is 1. The third-order valence-corrected chi connectivity index (χ3v) is 4.29. The van der Waals surface area contributed by atoms with E-state index >= 15 is 0 Å². The lowest BCUT2D eigenvalue weighted by Crippen LogP contribution is -2.43. The van der Waals surface area contributed by atoms with Crippen molar-refractivity contribution in [2.24, 2.45) is 4.99 Å². The number of ether oxygens (including phenoxy) is 2. The predicted molar refractivity (Wildman–Crippen MR) is 111 cm³/mol. The first-order valence-electron chi connectivity index (χ1n) is 9.86. The van der Waals surface area contributed by atoms with Gasteiger partial charge in [0.2, 0.25) is 5.91 Å². The van der Waals surface area contributed by atoms with Crippen molar-refractivity contribution in [3.63, 3.8) is 0 Å². The minimum absolute atomic E-state index is 0.0631. The molecule has 3 N–H and O–H groups in total. The zero-order valence-corrected chi connectivity index (χ0v) is 17.4. The summed E-state index contributed by atoms with van der Waals surface area (Å²) < 4.78 is 11.0. The van der Waals surface area contributed by atoms with Gasteiger partial charge in [-0.2, -0.15) is 0 Å². The Hall–Kier alpha value is -2.81. The van der Waals surface area contributed by atoms with Crippen LogP contribution in [0.3, 0.4) is 0 Å². The molecule has 0 aliphatic carbocycles. The molecule has 0 aromatic heterocycles. The fourth-order valence-corrected chi connectivity index (χ4v) is 2.79. The van der Waals surface area contributed by atoms with Gasteiger partial charge in [0, 0.05) is 45.3 Å². The predicted octanol–water partition coefficient (Wildman–Crippen LogP) is 1.02. The first-order chi connectivity index (χ1) is 14.0. The van der Waals surface area contributed by atoms with Crippen molar-refractivity contribution in [1.29, 1.82) is 0 Å². The van der Waals surface area contributed by atoms with E-state index in [9.17, 15) is 9.59 Å². The van der Waals surface area contributed by atoms with Gasteiger partial charge in [-0.1, -0.05) is 12.1 Å². The summed E-state index contributed by atoms with van der Waals surface area (Å²) in [6, 6.07) is 5.70. The Morgan fingerprint density at radius 3 is 2.79 bits per heavy atom. The SMILES string of the molecule is CCNC(=NCc1ccc(C)cc1OCCCOC)NCCN1C(=O)CNC1=O. The van der Waals surface area contributed by atoms with E-state index in [4.69, 9.17) is 9.47 Å². The van der Waals surface area contributed by atoms with Gasteiger partial charge in [-0.05, 0) is 25.5 Å². The Kier molecular flexibility index (Phi) is 9.23. The highest BCUT2D eigenvalue weighted by atomic mass is 16.5. The molecule has 0 saturated carbocycles. The first-order valence-corrected chi connectivity index (χ1v) is 9.86. The topological polar surface area (TPSA) is 104 Å². The van der Waals surface area contributed by atoms with Crippen LogP contribution in [0.25, 0.3) is 0 Å². The minimum Gasteiger partial charge on any atom is -0.493 e. The first kappa shape index (κ1) is 22.5. The van der Waals surface area contributed by atoms with Gasteiger partial charge in [0.1, 0.15) is 5.75 Å². The van der Waals surface area contributed by atoms with E-state index in [0.29, 0.717) is 38.8 Å². The highest BCUT2D eigenvalue weighted by Gasteiger charge is 2.27. The Bertz CT molecular complexity index is 707. The summed E-state index contributed by atoms with van der Waals surface area (Å²) in [7, 11) is 1.67. The molecule has 9 heteroatoms. The van der Waals surface area contributed by atoms with E-state index in [1.165, 1.54) is 4.90 Å². The van der Waals surface area contributed by atoms with E-state index in [1.54, 1.807) is 7.11 Å². The number of guanidine groups is 1. The highest BCUT2D eigenvalue weighted by molar-refractivity contribution is 6.01. The lowest BCUT2D eigenvalue weighted by Gasteiger charge is -2.16. The van der Waals surface area contributed by atoms with Crippen molar-refractivity contribution in [3.05, 3.63) is 29.3 Å². The van der Waals surface area contributed by atoms with Crippen molar-refractivity contribution in [1.82, 2.24) is 20.9 Å². The lowest BCUT2D eigenvalue weighted by atomic mass is 10.1. The maximum atomic E-state index is 11.6. The number of nitrogens with one attached hydrogen (secondary N) is 3. The van der Waals surface area contributed by atoms with Gasteiger partial charge in [0.15, 0.2) is 5.96 Å². The normalized spacial score (nSPS) is 14.2. The summed E-state index contributed by atoms with van der Waals surface area (Å²) in [5, 5.41) is 8.83. The lowest BCUT2D eigenvalue weighted by molar-refractivity contribution is -0.124. The summed E-state index contributed by atoms with van der Waals surface area (Å²) in [6.45, 7) is 7.15. The molecule has 1 aromatic carbocycles. The molecule has 1 aromatic rings. The Labute approximate surface area is 171 Å². The minimum atomic E-state index is -0.353. The Morgan fingerprint density at radius 1 is 1.28 bits per heavy atom. The van der Waals surface area contributed by atoms with Crippen LogP contribution >= 0.6 is 0 Å². The average Bonchev–Trinajstić information content (AvgIpc) is 3.02. The third kappa shape index (κ3) is 7.26. The summed E-state index contributed by atoms with van der Waals surface area (Å²) in [5.41, 5.74) is 2.11. The molecule has 0 radical (unpaired) electrons. The second-order valence-electron chi connectivity index (χ2n) is 6.63. The molecule has 1 heterocycles. The maximum Gasteiger partial charge on any atom is 0.324 e. The summed E-state index contributed by atoms with van der Waals surface area (Å²) in [4.78, 5) is 29.0. The molecule has 29 heavy (non-hydrogen) atoms. The van der Waals surface area contributed by atoms with Crippen molar-refractivity contribution >= 4 is 17.9 Å². The van der Waals surface area contributed by atoms with E-state index < -0.39 is 0 Å². The Balaban J connectivity index is 1.94. The number of methoxy groups -OCH3 is 1. The second kappa shape index (κ2) is 11.9. The second-order valence-corrected chi connectivity index (χ2v) is 6.63. The number of rotatable bonds is 11. The van der Waals surface area contributed by atoms with Crippen LogP contribution in [0.5, 0.6) is 5.75 Å². The van der Waals surface area contributed by atoms with Crippen LogP contribution in [0.2, 0.25) is 0 Å². The molecule has 1 aliphatic rings. The average molecular weight is 405 g/mol. The van der Waals surface area contributed by atoms with Crippen LogP contribution in [0.4, 0.5) is 4.79 Å². The molecular formula is C20H31N5O4. The molecule has 0 unspecified atom stereocenters. The number of amides is 3. The summed E-state index contributed by atoms with van der Waals surface area (Å²) >= 11 is 0. The van der Waals surface area contributed by atoms with E-state index in [2.05, 4.69) is 20.9 Å². The van der Waals surface area contributed by atoms with Gasteiger partial charge in [-0.25, -0.2) is 9.79 Å². The number of aryl methyl sites for hydroxylation is 1. The summed E-state index contributed by atoms with van der Waals surface area (Å²) in [5.74, 6) is 1.22. The quantitative estimate of drug-likeness (QED) is 0.220. The third-order valence-electron chi connectivity index (χ3n) is 4.29. The van der Waals surface area contributed by atoms with E-state index in [0.717, 1.165) is 23.3 Å². The molecule has 3 amide bonds. The molecule has 0 bridgehead atoms. The largest absolute Gasteiger partial charge is 0.493 e. The van der Waals surface area contributed by atoms with Gasteiger partial charge >= 0.3 is 6.03 Å².